The standard InChI is InChI=1S/C16H21N3O2/c1-2-10-21-12-6-5-9-19(11-12)16(20)15-13-7-3-4-8-14(13)17-18-15/h3-4,7-8,12H,2,5-6,9-11H2,1H3,(H,17,18)/t12-/m0/s1. The molecule has 1 N–H and O–H groups in total. The number of ether oxygens (including phenoxy) is 1. The van der Waals surface area contributed by atoms with E-state index in [4.69, 9.17) is 4.74 Å². The topological polar surface area (TPSA) is 58.2 Å². The highest BCUT2D eigenvalue weighted by Crippen LogP contribution is 2.20. The molecule has 0 unspecified atom stereocenters. The molecule has 1 atom stereocenters. The predicted octanol–water partition coefficient (Wildman–Crippen LogP) is 2.59. The number of likely N-dealkylation sites (tertiary alicyclic amines) is 1. The Hall–Kier alpha value is -1.88. The van der Waals surface area contributed by atoms with Crippen LogP contribution in [0.2, 0.25) is 0 Å². The van der Waals surface area contributed by atoms with E-state index in [1.165, 1.54) is 0 Å². The molecule has 0 aliphatic carbocycles. The van der Waals surface area contributed by atoms with E-state index in [1.54, 1.807) is 0 Å². The van der Waals surface area contributed by atoms with Crippen LogP contribution in [0.4, 0.5) is 0 Å². The number of carbonyl (C=O) groups excluding carboxylic acids is 1. The van der Waals surface area contributed by atoms with Gasteiger partial charge < -0.3 is 9.64 Å². The Labute approximate surface area is 124 Å². The van der Waals surface area contributed by atoms with Gasteiger partial charge in [-0.05, 0) is 25.3 Å². The molecule has 2 heterocycles. The van der Waals surface area contributed by atoms with Crippen molar-refractivity contribution in [3.63, 3.8) is 0 Å². The first kappa shape index (κ1) is 14.1. The second-order valence-electron chi connectivity index (χ2n) is 5.50. The van der Waals surface area contributed by atoms with Crippen molar-refractivity contribution in [1.82, 2.24) is 15.1 Å². The number of nitrogens with zero attached hydrogens (tertiary/aromatic N) is 2. The van der Waals surface area contributed by atoms with Gasteiger partial charge in [-0.2, -0.15) is 5.10 Å². The van der Waals surface area contributed by atoms with Crippen molar-refractivity contribution in [1.29, 1.82) is 0 Å². The third-order valence-electron chi connectivity index (χ3n) is 3.90. The summed E-state index contributed by atoms with van der Waals surface area (Å²) in [5.74, 6) is -0.00255. The molecule has 0 radical (unpaired) electrons. The van der Waals surface area contributed by atoms with Gasteiger partial charge >= 0.3 is 0 Å². The van der Waals surface area contributed by atoms with E-state index < -0.39 is 0 Å². The molecular formula is C16H21N3O2. The van der Waals surface area contributed by atoms with E-state index in [9.17, 15) is 4.79 Å². The Morgan fingerprint density at radius 1 is 1.48 bits per heavy atom. The Morgan fingerprint density at radius 3 is 3.19 bits per heavy atom. The molecule has 2 aromatic rings. The third-order valence-corrected chi connectivity index (χ3v) is 3.90. The van der Waals surface area contributed by atoms with E-state index in [1.807, 2.05) is 29.2 Å². The van der Waals surface area contributed by atoms with Crippen LogP contribution in [-0.4, -0.2) is 46.8 Å². The number of carbonyl (C=O) groups is 1. The number of rotatable bonds is 4. The van der Waals surface area contributed by atoms with Crippen LogP contribution in [0.3, 0.4) is 0 Å². The van der Waals surface area contributed by atoms with Crippen molar-refractivity contribution >= 4 is 16.8 Å². The van der Waals surface area contributed by atoms with Crippen LogP contribution in [0.1, 0.15) is 36.7 Å². The third kappa shape index (κ3) is 2.93. The Balaban J connectivity index is 1.75. The maximum absolute atomic E-state index is 12.7. The first-order valence-electron chi connectivity index (χ1n) is 7.63. The van der Waals surface area contributed by atoms with E-state index in [0.717, 1.165) is 43.3 Å². The van der Waals surface area contributed by atoms with E-state index in [2.05, 4.69) is 17.1 Å². The summed E-state index contributed by atoms with van der Waals surface area (Å²) in [4.78, 5) is 14.5. The minimum absolute atomic E-state index is 0.00255. The van der Waals surface area contributed by atoms with Crippen LogP contribution < -0.4 is 0 Å². The zero-order valence-corrected chi connectivity index (χ0v) is 12.3. The number of piperidine rings is 1. The normalized spacial score (nSPS) is 19.1. The van der Waals surface area contributed by atoms with E-state index in [-0.39, 0.29) is 12.0 Å². The van der Waals surface area contributed by atoms with E-state index in [0.29, 0.717) is 12.2 Å². The number of hydrogen-bond donors (Lipinski definition) is 1. The number of fused-ring (bicyclic) bond motifs is 1. The van der Waals surface area contributed by atoms with Crippen LogP contribution in [0.5, 0.6) is 0 Å². The second kappa shape index (κ2) is 6.26. The van der Waals surface area contributed by atoms with Gasteiger partial charge in [0.2, 0.25) is 0 Å². The van der Waals surface area contributed by atoms with Crippen molar-refractivity contribution in [2.45, 2.75) is 32.3 Å². The molecule has 1 saturated heterocycles. The molecule has 0 bridgehead atoms. The number of amides is 1. The maximum Gasteiger partial charge on any atom is 0.275 e. The minimum atomic E-state index is -0.00255. The number of para-hydroxylation sites is 1. The number of hydrogen-bond acceptors (Lipinski definition) is 3. The SMILES string of the molecule is CCCO[C@H]1CCCN(C(=O)c2n[nH]c3ccccc23)C1. The lowest BCUT2D eigenvalue weighted by Crippen LogP contribution is -2.43. The van der Waals surface area contributed by atoms with Gasteiger partial charge in [0.25, 0.3) is 5.91 Å². The second-order valence-corrected chi connectivity index (χ2v) is 5.50. The van der Waals surface area contributed by atoms with Crippen molar-refractivity contribution in [3.05, 3.63) is 30.0 Å². The molecule has 0 saturated carbocycles. The molecule has 1 amide bonds. The summed E-state index contributed by atoms with van der Waals surface area (Å²) in [6.45, 7) is 4.31. The van der Waals surface area contributed by atoms with Gasteiger partial charge in [-0.3, -0.25) is 9.89 Å². The summed E-state index contributed by atoms with van der Waals surface area (Å²) in [6.07, 6.45) is 3.19. The van der Waals surface area contributed by atoms with Crippen molar-refractivity contribution in [3.8, 4) is 0 Å². The fraction of sp³-hybridized carbons (Fsp3) is 0.500. The highest BCUT2D eigenvalue weighted by Gasteiger charge is 2.27. The first-order valence-corrected chi connectivity index (χ1v) is 7.63. The smallest absolute Gasteiger partial charge is 0.275 e. The molecular weight excluding hydrogens is 266 g/mol. The zero-order chi connectivity index (χ0) is 14.7. The number of aromatic amines is 1. The Kier molecular flexibility index (Phi) is 4.20. The van der Waals surface area contributed by atoms with Crippen molar-refractivity contribution in [2.24, 2.45) is 0 Å². The molecule has 1 fully saturated rings. The van der Waals surface area contributed by atoms with Crippen LogP contribution >= 0.6 is 0 Å². The maximum atomic E-state index is 12.7. The molecule has 1 aliphatic rings. The van der Waals surface area contributed by atoms with Crippen LogP contribution in [0.15, 0.2) is 24.3 Å². The van der Waals surface area contributed by atoms with Gasteiger partial charge in [-0.25, -0.2) is 0 Å². The van der Waals surface area contributed by atoms with Crippen LogP contribution in [-0.2, 0) is 4.74 Å². The van der Waals surface area contributed by atoms with Crippen LogP contribution in [0.25, 0.3) is 10.9 Å². The Bertz CT molecular complexity index is 623. The number of H-pyrrole nitrogens is 1. The van der Waals surface area contributed by atoms with Gasteiger partial charge in [-0.15, -0.1) is 0 Å². The molecule has 5 heteroatoms. The summed E-state index contributed by atoms with van der Waals surface area (Å²) >= 11 is 0. The summed E-state index contributed by atoms with van der Waals surface area (Å²) in [5, 5.41) is 8.01. The number of benzene rings is 1. The van der Waals surface area contributed by atoms with Crippen LogP contribution in [0, 0.1) is 0 Å². The number of nitrogens with one attached hydrogen (secondary N) is 1. The molecule has 1 aliphatic heterocycles. The summed E-state index contributed by atoms with van der Waals surface area (Å²) in [6, 6.07) is 7.73. The highest BCUT2D eigenvalue weighted by atomic mass is 16.5. The lowest BCUT2D eigenvalue weighted by molar-refractivity contribution is 0.00198. The number of aromatic nitrogens is 2. The molecule has 112 valence electrons. The van der Waals surface area contributed by atoms with Gasteiger partial charge in [0.1, 0.15) is 0 Å². The molecule has 1 aromatic carbocycles. The molecule has 0 spiro atoms. The summed E-state index contributed by atoms with van der Waals surface area (Å²) in [5.41, 5.74) is 1.42. The molecule has 3 rings (SSSR count). The predicted molar refractivity (Wildman–Crippen MR) is 81.3 cm³/mol. The van der Waals surface area contributed by atoms with Gasteiger partial charge in [0.15, 0.2) is 5.69 Å². The average Bonchev–Trinajstić information content (AvgIpc) is 2.96. The van der Waals surface area contributed by atoms with E-state index >= 15 is 0 Å². The monoisotopic (exact) mass is 287 g/mol. The van der Waals surface area contributed by atoms with Gasteiger partial charge in [0.05, 0.1) is 11.6 Å². The minimum Gasteiger partial charge on any atom is -0.376 e. The quantitative estimate of drug-likeness (QED) is 0.940. The van der Waals surface area contributed by atoms with Crippen molar-refractivity contribution < 1.29 is 9.53 Å². The van der Waals surface area contributed by atoms with Gasteiger partial charge in [0, 0.05) is 25.1 Å². The molecule has 1 aromatic heterocycles. The zero-order valence-electron chi connectivity index (χ0n) is 12.3. The molecule has 21 heavy (non-hydrogen) atoms. The van der Waals surface area contributed by atoms with Gasteiger partial charge in [-0.1, -0.05) is 25.1 Å². The lowest BCUT2D eigenvalue weighted by Gasteiger charge is -2.32. The fourth-order valence-corrected chi connectivity index (χ4v) is 2.82. The average molecular weight is 287 g/mol. The highest BCUT2D eigenvalue weighted by molar-refractivity contribution is 6.04. The summed E-state index contributed by atoms with van der Waals surface area (Å²) in [7, 11) is 0. The van der Waals surface area contributed by atoms with Crippen molar-refractivity contribution in [2.75, 3.05) is 19.7 Å². The largest absolute Gasteiger partial charge is 0.376 e. The lowest BCUT2D eigenvalue weighted by atomic mass is 10.1. The molecule has 5 nitrogen and oxygen atoms in total. The Morgan fingerprint density at radius 2 is 2.33 bits per heavy atom. The first-order chi connectivity index (χ1) is 10.3. The summed E-state index contributed by atoms with van der Waals surface area (Å²) < 4.78 is 5.80. The fourth-order valence-electron chi connectivity index (χ4n) is 2.82.